The third kappa shape index (κ3) is 2.36. The van der Waals surface area contributed by atoms with E-state index in [-0.39, 0.29) is 11.4 Å². The minimum absolute atomic E-state index is 0.0475. The Morgan fingerprint density at radius 2 is 2.12 bits per heavy atom. The van der Waals surface area contributed by atoms with Crippen LogP contribution in [0.15, 0.2) is 24.3 Å². The van der Waals surface area contributed by atoms with Crippen LogP contribution in [0.1, 0.15) is 44.2 Å². The molecule has 92 valence electrons. The third-order valence-electron chi connectivity index (χ3n) is 3.43. The van der Waals surface area contributed by atoms with E-state index < -0.39 is 0 Å². The number of carbonyl (C=O) groups excluding carboxylic acids is 1. The van der Waals surface area contributed by atoms with Gasteiger partial charge in [-0.05, 0) is 37.3 Å². The Morgan fingerprint density at radius 1 is 1.35 bits per heavy atom. The molecule has 1 fully saturated rings. The van der Waals surface area contributed by atoms with Gasteiger partial charge in [0.15, 0.2) is 0 Å². The van der Waals surface area contributed by atoms with Gasteiger partial charge in [0.2, 0.25) is 0 Å². The fraction of sp³-hybridized carbons (Fsp3) is 0.533. The molecule has 2 heteroatoms. The van der Waals surface area contributed by atoms with Crippen LogP contribution in [-0.2, 0) is 21.4 Å². The van der Waals surface area contributed by atoms with Gasteiger partial charge in [0, 0.05) is 0 Å². The van der Waals surface area contributed by atoms with E-state index in [2.05, 4.69) is 31.2 Å². The molecule has 1 aliphatic carbocycles. The first-order chi connectivity index (χ1) is 8.23. The number of carbonyl (C=O) groups is 1. The number of aryl methyl sites for hydroxylation is 1. The van der Waals surface area contributed by atoms with E-state index in [1.165, 1.54) is 5.56 Å². The lowest BCUT2D eigenvalue weighted by Crippen LogP contribution is -2.23. The fourth-order valence-electron chi connectivity index (χ4n) is 2.32. The Bertz CT molecular complexity index is 405. The number of esters is 1. The molecule has 1 saturated carbocycles. The lowest BCUT2D eigenvalue weighted by atomic mass is 9.93. The summed E-state index contributed by atoms with van der Waals surface area (Å²) < 4.78 is 5.18. The van der Waals surface area contributed by atoms with Crippen molar-refractivity contribution in [1.82, 2.24) is 0 Å². The largest absolute Gasteiger partial charge is 0.465 e. The first-order valence-corrected chi connectivity index (χ1v) is 6.49. The highest BCUT2D eigenvalue weighted by Crippen LogP contribution is 2.49. The second-order valence-electron chi connectivity index (χ2n) is 4.75. The number of benzene rings is 1. The number of hydrogen-bond donors (Lipinski definition) is 0. The highest BCUT2D eigenvalue weighted by molar-refractivity contribution is 5.86. The van der Waals surface area contributed by atoms with Crippen LogP contribution in [0, 0.1) is 0 Å². The van der Waals surface area contributed by atoms with Gasteiger partial charge in [-0.15, -0.1) is 0 Å². The summed E-state index contributed by atoms with van der Waals surface area (Å²) in [5.41, 5.74) is 2.14. The fourth-order valence-corrected chi connectivity index (χ4v) is 2.32. The molecule has 1 aromatic rings. The Kier molecular flexibility index (Phi) is 3.51. The van der Waals surface area contributed by atoms with Crippen molar-refractivity contribution in [3.05, 3.63) is 35.4 Å². The van der Waals surface area contributed by atoms with Crippen LogP contribution >= 0.6 is 0 Å². The molecule has 0 saturated heterocycles. The average molecular weight is 232 g/mol. The van der Waals surface area contributed by atoms with Crippen molar-refractivity contribution >= 4 is 5.97 Å². The van der Waals surface area contributed by atoms with E-state index in [4.69, 9.17) is 4.74 Å². The molecule has 0 N–H and O–H groups in total. The minimum Gasteiger partial charge on any atom is -0.465 e. The summed E-state index contributed by atoms with van der Waals surface area (Å²) in [6.45, 7) is 4.50. The van der Waals surface area contributed by atoms with Gasteiger partial charge in [-0.1, -0.05) is 37.6 Å². The van der Waals surface area contributed by atoms with Crippen molar-refractivity contribution < 1.29 is 9.53 Å². The Balaban J connectivity index is 2.21. The molecule has 0 bridgehead atoms. The molecular formula is C15H20O2. The maximum Gasteiger partial charge on any atom is 0.316 e. The maximum atomic E-state index is 12.0. The van der Waals surface area contributed by atoms with Crippen molar-refractivity contribution in [2.75, 3.05) is 6.61 Å². The topological polar surface area (TPSA) is 26.3 Å². The van der Waals surface area contributed by atoms with Crippen LogP contribution in [0.3, 0.4) is 0 Å². The van der Waals surface area contributed by atoms with Crippen molar-refractivity contribution in [3.63, 3.8) is 0 Å². The van der Waals surface area contributed by atoms with Crippen molar-refractivity contribution in [2.45, 2.75) is 44.9 Å². The standard InChI is InChI=1S/C15H20O2/c1-3-6-12-7-5-8-13(11-12)15(9-10-15)14(16)17-4-2/h5,7-8,11H,3-4,6,9-10H2,1-2H3. The van der Waals surface area contributed by atoms with Crippen molar-refractivity contribution in [3.8, 4) is 0 Å². The normalized spacial score (nSPS) is 16.6. The lowest BCUT2D eigenvalue weighted by Gasteiger charge is -2.15. The van der Waals surface area contributed by atoms with E-state index in [9.17, 15) is 4.79 Å². The minimum atomic E-state index is -0.320. The molecule has 2 nitrogen and oxygen atoms in total. The molecule has 2 rings (SSSR count). The molecule has 0 aromatic heterocycles. The van der Waals surface area contributed by atoms with Gasteiger partial charge >= 0.3 is 5.97 Å². The summed E-state index contributed by atoms with van der Waals surface area (Å²) >= 11 is 0. The van der Waals surface area contributed by atoms with Gasteiger partial charge < -0.3 is 4.74 Å². The summed E-state index contributed by atoms with van der Waals surface area (Å²) in [6.07, 6.45) is 4.07. The van der Waals surface area contributed by atoms with Crippen LogP contribution in [0.25, 0.3) is 0 Å². The highest BCUT2D eigenvalue weighted by atomic mass is 16.5. The van der Waals surface area contributed by atoms with Crippen LogP contribution in [0.5, 0.6) is 0 Å². The van der Waals surface area contributed by atoms with Gasteiger partial charge in [-0.2, -0.15) is 0 Å². The monoisotopic (exact) mass is 232 g/mol. The van der Waals surface area contributed by atoms with Gasteiger partial charge in [-0.3, -0.25) is 4.79 Å². The van der Waals surface area contributed by atoms with Gasteiger partial charge in [0.1, 0.15) is 0 Å². The van der Waals surface area contributed by atoms with Gasteiger partial charge in [0.25, 0.3) is 0 Å². The quantitative estimate of drug-likeness (QED) is 0.728. The predicted molar refractivity (Wildman–Crippen MR) is 68.0 cm³/mol. The molecule has 0 heterocycles. The number of rotatable bonds is 5. The van der Waals surface area contributed by atoms with E-state index >= 15 is 0 Å². The van der Waals surface area contributed by atoms with Crippen LogP contribution in [0.2, 0.25) is 0 Å². The molecule has 0 amide bonds. The van der Waals surface area contributed by atoms with Gasteiger partial charge in [-0.25, -0.2) is 0 Å². The zero-order valence-electron chi connectivity index (χ0n) is 10.7. The Morgan fingerprint density at radius 3 is 2.71 bits per heavy atom. The molecule has 0 radical (unpaired) electrons. The zero-order chi connectivity index (χ0) is 12.3. The molecule has 0 unspecified atom stereocenters. The van der Waals surface area contributed by atoms with E-state index in [1.807, 2.05) is 6.92 Å². The van der Waals surface area contributed by atoms with E-state index in [0.29, 0.717) is 6.61 Å². The van der Waals surface area contributed by atoms with Crippen molar-refractivity contribution in [1.29, 1.82) is 0 Å². The smallest absolute Gasteiger partial charge is 0.316 e. The zero-order valence-corrected chi connectivity index (χ0v) is 10.7. The first kappa shape index (κ1) is 12.2. The average Bonchev–Trinajstić information content (AvgIpc) is 3.11. The second-order valence-corrected chi connectivity index (χ2v) is 4.75. The summed E-state index contributed by atoms with van der Waals surface area (Å²) in [7, 11) is 0. The number of hydrogen-bond acceptors (Lipinski definition) is 2. The molecule has 0 spiro atoms. The number of ether oxygens (including phenoxy) is 1. The second kappa shape index (κ2) is 4.91. The third-order valence-corrected chi connectivity index (χ3v) is 3.43. The van der Waals surface area contributed by atoms with Crippen LogP contribution in [-0.4, -0.2) is 12.6 Å². The Hall–Kier alpha value is -1.31. The molecule has 1 aromatic carbocycles. The first-order valence-electron chi connectivity index (χ1n) is 6.49. The molecule has 1 aliphatic rings. The van der Waals surface area contributed by atoms with Gasteiger partial charge in [0.05, 0.1) is 12.0 Å². The van der Waals surface area contributed by atoms with Crippen LogP contribution < -0.4 is 0 Å². The van der Waals surface area contributed by atoms with Crippen molar-refractivity contribution in [2.24, 2.45) is 0 Å². The van der Waals surface area contributed by atoms with E-state index in [0.717, 1.165) is 31.2 Å². The molecule has 0 aliphatic heterocycles. The SMILES string of the molecule is CCCc1cccc(C2(C(=O)OCC)CC2)c1. The summed E-state index contributed by atoms with van der Waals surface area (Å²) in [6, 6.07) is 8.42. The molecule has 0 atom stereocenters. The maximum absolute atomic E-state index is 12.0. The summed E-state index contributed by atoms with van der Waals surface area (Å²) in [5, 5.41) is 0. The highest BCUT2D eigenvalue weighted by Gasteiger charge is 2.52. The Labute approximate surface area is 103 Å². The summed E-state index contributed by atoms with van der Waals surface area (Å²) in [4.78, 5) is 12.0. The van der Waals surface area contributed by atoms with E-state index in [1.54, 1.807) is 0 Å². The predicted octanol–water partition coefficient (Wildman–Crippen LogP) is 3.23. The lowest BCUT2D eigenvalue weighted by molar-refractivity contribution is -0.146. The molecular weight excluding hydrogens is 212 g/mol. The molecule has 17 heavy (non-hydrogen) atoms. The summed E-state index contributed by atoms with van der Waals surface area (Å²) in [5.74, 6) is -0.0475. The van der Waals surface area contributed by atoms with Crippen LogP contribution in [0.4, 0.5) is 0 Å².